The van der Waals surface area contributed by atoms with Gasteiger partial charge in [-0.15, -0.1) is 0 Å². The fraction of sp³-hybridized carbons (Fsp3) is 0.714. The van der Waals surface area contributed by atoms with E-state index >= 15 is 0 Å². The Hall–Kier alpha value is -1.07. The van der Waals surface area contributed by atoms with Crippen molar-refractivity contribution in [3.05, 3.63) is 21.6 Å². The van der Waals surface area contributed by atoms with Crippen LogP contribution in [0, 0.1) is 5.92 Å². The molecule has 20 heavy (non-hydrogen) atoms. The molecule has 1 aromatic rings. The second kappa shape index (κ2) is 7.64. The molecule has 0 radical (unpaired) electrons. The molecule has 0 aromatic carbocycles. The molecule has 112 valence electrons. The Morgan fingerprint density at radius 2 is 2.30 bits per heavy atom. The third-order valence-corrected chi connectivity index (χ3v) is 3.53. The van der Waals surface area contributed by atoms with E-state index in [1.807, 2.05) is 0 Å². The molecule has 6 heteroatoms. The summed E-state index contributed by atoms with van der Waals surface area (Å²) in [6, 6.07) is 0. The highest BCUT2D eigenvalue weighted by atomic mass is 35.5. The molecule has 5 nitrogen and oxygen atoms in total. The summed E-state index contributed by atoms with van der Waals surface area (Å²) in [5, 5.41) is 7.59. The first-order chi connectivity index (χ1) is 9.72. The highest BCUT2D eigenvalue weighted by Crippen LogP contribution is 2.30. The predicted octanol–water partition coefficient (Wildman–Crippen LogP) is 2.54. The molecule has 0 unspecified atom stereocenters. The molecule has 1 fully saturated rings. The molecular weight excluding hydrogens is 278 g/mol. The van der Waals surface area contributed by atoms with Crippen molar-refractivity contribution in [1.82, 2.24) is 9.78 Å². The third-order valence-electron chi connectivity index (χ3n) is 3.24. The molecule has 1 saturated carbocycles. The summed E-state index contributed by atoms with van der Waals surface area (Å²) in [6.45, 7) is 4.93. The summed E-state index contributed by atoms with van der Waals surface area (Å²) in [4.78, 5) is 12.2. The second-order valence-electron chi connectivity index (χ2n) is 5.19. The average Bonchev–Trinajstić information content (AvgIpc) is 3.24. The highest BCUT2D eigenvalue weighted by molar-refractivity contribution is 6.32. The lowest BCUT2D eigenvalue weighted by Gasteiger charge is -2.10. The van der Waals surface area contributed by atoms with Gasteiger partial charge in [0.2, 0.25) is 0 Å². The van der Waals surface area contributed by atoms with Crippen molar-refractivity contribution >= 4 is 17.3 Å². The average molecular weight is 300 g/mol. The van der Waals surface area contributed by atoms with Crippen LogP contribution in [0.4, 0.5) is 5.69 Å². The minimum Gasteiger partial charge on any atom is -0.381 e. The van der Waals surface area contributed by atoms with Crippen molar-refractivity contribution < 1.29 is 4.74 Å². The van der Waals surface area contributed by atoms with Gasteiger partial charge in [0.1, 0.15) is 5.69 Å². The molecule has 0 bridgehead atoms. The van der Waals surface area contributed by atoms with E-state index in [9.17, 15) is 4.79 Å². The maximum Gasteiger partial charge on any atom is 0.291 e. The van der Waals surface area contributed by atoms with Crippen LogP contribution in [0.15, 0.2) is 11.0 Å². The number of nitrogens with one attached hydrogen (secondary N) is 1. The van der Waals surface area contributed by atoms with Gasteiger partial charge in [-0.2, -0.15) is 5.10 Å². The normalized spacial score (nSPS) is 14.5. The SMILES string of the molecule is CCCOCCCNc1c(Cl)cnn(CC2CC2)c1=O. The summed E-state index contributed by atoms with van der Waals surface area (Å²) in [5.41, 5.74) is 0.330. The second-order valence-corrected chi connectivity index (χ2v) is 5.60. The van der Waals surface area contributed by atoms with Gasteiger partial charge in [0.15, 0.2) is 0 Å². The lowest BCUT2D eigenvalue weighted by molar-refractivity contribution is 0.134. The Balaban J connectivity index is 1.87. The summed E-state index contributed by atoms with van der Waals surface area (Å²) in [5.74, 6) is 0.608. The van der Waals surface area contributed by atoms with Crippen LogP contribution in [-0.4, -0.2) is 29.5 Å². The van der Waals surface area contributed by atoms with Crippen LogP contribution in [0.3, 0.4) is 0 Å². The predicted molar refractivity (Wildman–Crippen MR) is 80.4 cm³/mol. The number of rotatable bonds is 9. The zero-order valence-corrected chi connectivity index (χ0v) is 12.7. The molecule has 0 aliphatic heterocycles. The van der Waals surface area contributed by atoms with Crippen LogP contribution in [0.1, 0.15) is 32.6 Å². The molecule has 0 amide bonds. The molecule has 0 saturated heterocycles. The standard InChI is InChI=1S/C14H22ClN3O2/c1-2-7-20-8-3-6-16-13-12(15)9-17-18(14(13)19)10-11-4-5-11/h9,11,16H,2-8,10H2,1H3. The van der Waals surface area contributed by atoms with E-state index in [1.165, 1.54) is 17.5 Å². The van der Waals surface area contributed by atoms with E-state index < -0.39 is 0 Å². The fourth-order valence-electron chi connectivity index (χ4n) is 1.94. The molecular formula is C14H22ClN3O2. The maximum absolute atomic E-state index is 12.2. The van der Waals surface area contributed by atoms with Crippen molar-refractivity contribution in [3.8, 4) is 0 Å². The number of hydrogen-bond donors (Lipinski definition) is 1. The van der Waals surface area contributed by atoms with Gasteiger partial charge in [-0.1, -0.05) is 18.5 Å². The van der Waals surface area contributed by atoms with Gasteiger partial charge in [0.25, 0.3) is 5.56 Å². The number of ether oxygens (including phenoxy) is 1. The lowest BCUT2D eigenvalue weighted by atomic mass is 10.3. The molecule has 1 aromatic heterocycles. The van der Waals surface area contributed by atoms with Crippen LogP contribution in [-0.2, 0) is 11.3 Å². The van der Waals surface area contributed by atoms with Crippen LogP contribution < -0.4 is 10.9 Å². The Labute approximate surface area is 124 Å². The summed E-state index contributed by atoms with van der Waals surface area (Å²) in [7, 11) is 0. The van der Waals surface area contributed by atoms with Gasteiger partial charge in [-0.3, -0.25) is 4.79 Å². The van der Waals surface area contributed by atoms with Gasteiger partial charge in [-0.25, -0.2) is 4.68 Å². The van der Waals surface area contributed by atoms with Crippen LogP contribution in [0.25, 0.3) is 0 Å². The zero-order chi connectivity index (χ0) is 14.4. The molecule has 1 aliphatic carbocycles. The van der Waals surface area contributed by atoms with Crippen LogP contribution in [0.2, 0.25) is 5.02 Å². The molecule has 1 heterocycles. The Bertz CT molecular complexity index is 486. The molecule has 1 N–H and O–H groups in total. The van der Waals surface area contributed by atoms with Crippen LogP contribution >= 0.6 is 11.6 Å². The molecule has 2 rings (SSSR count). The number of aromatic nitrogens is 2. The van der Waals surface area contributed by atoms with Crippen molar-refractivity contribution in [3.63, 3.8) is 0 Å². The van der Waals surface area contributed by atoms with Crippen molar-refractivity contribution in [1.29, 1.82) is 0 Å². The fourth-order valence-corrected chi connectivity index (χ4v) is 2.13. The van der Waals surface area contributed by atoms with E-state index in [2.05, 4.69) is 17.3 Å². The van der Waals surface area contributed by atoms with Crippen LogP contribution in [0.5, 0.6) is 0 Å². The monoisotopic (exact) mass is 299 g/mol. The lowest BCUT2D eigenvalue weighted by Crippen LogP contribution is -2.27. The van der Waals surface area contributed by atoms with Gasteiger partial charge in [0, 0.05) is 26.3 Å². The van der Waals surface area contributed by atoms with Gasteiger partial charge in [0.05, 0.1) is 11.2 Å². The van der Waals surface area contributed by atoms with E-state index in [-0.39, 0.29) is 5.56 Å². The maximum atomic E-state index is 12.2. The first-order valence-corrected chi connectivity index (χ1v) is 7.67. The van der Waals surface area contributed by atoms with E-state index in [0.717, 1.165) is 19.4 Å². The van der Waals surface area contributed by atoms with Gasteiger partial charge < -0.3 is 10.1 Å². The number of anilines is 1. The molecule has 1 aliphatic rings. The van der Waals surface area contributed by atoms with E-state index in [1.54, 1.807) is 6.20 Å². The van der Waals surface area contributed by atoms with Crippen molar-refractivity contribution in [2.24, 2.45) is 5.92 Å². The molecule has 0 spiro atoms. The topological polar surface area (TPSA) is 56.1 Å². The van der Waals surface area contributed by atoms with Crippen molar-refractivity contribution in [2.75, 3.05) is 25.1 Å². The summed E-state index contributed by atoms with van der Waals surface area (Å²) >= 11 is 6.05. The smallest absolute Gasteiger partial charge is 0.291 e. The Morgan fingerprint density at radius 1 is 1.50 bits per heavy atom. The first-order valence-electron chi connectivity index (χ1n) is 7.29. The number of nitrogens with zero attached hydrogens (tertiary/aromatic N) is 2. The summed E-state index contributed by atoms with van der Waals surface area (Å²) in [6.07, 6.45) is 5.79. The van der Waals surface area contributed by atoms with E-state index in [0.29, 0.717) is 36.3 Å². The Kier molecular flexibility index (Phi) is 5.86. The van der Waals surface area contributed by atoms with Gasteiger partial charge >= 0.3 is 0 Å². The number of halogens is 1. The quantitative estimate of drug-likeness (QED) is 0.712. The minimum absolute atomic E-state index is 0.126. The highest BCUT2D eigenvalue weighted by Gasteiger charge is 2.23. The summed E-state index contributed by atoms with van der Waals surface area (Å²) < 4.78 is 6.91. The van der Waals surface area contributed by atoms with E-state index in [4.69, 9.17) is 16.3 Å². The number of hydrogen-bond acceptors (Lipinski definition) is 4. The molecule has 0 atom stereocenters. The third kappa shape index (κ3) is 4.49. The zero-order valence-electron chi connectivity index (χ0n) is 11.9. The van der Waals surface area contributed by atoms with Crippen molar-refractivity contribution in [2.45, 2.75) is 39.2 Å². The van der Waals surface area contributed by atoms with Gasteiger partial charge in [-0.05, 0) is 31.6 Å². The minimum atomic E-state index is -0.126. The Morgan fingerprint density at radius 3 is 3.00 bits per heavy atom. The largest absolute Gasteiger partial charge is 0.381 e. The first kappa shape index (κ1) is 15.3.